The number of carboxylic acids is 2. The number of nitrogens with zero attached hydrogens (tertiary/aromatic N) is 3. The van der Waals surface area contributed by atoms with E-state index in [9.17, 15) is 43.8 Å². The Bertz CT molecular complexity index is 3360. The van der Waals surface area contributed by atoms with Gasteiger partial charge in [-0.2, -0.15) is 0 Å². The number of fused-ring (bicyclic) bond motifs is 3. The van der Waals surface area contributed by atoms with Crippen LogP contribution in [0.3, 0.4) is 0 Å². The van der Waals surface area contributed by atoms with E-state index in [-0.39, 0.29) is 50.7 Å². The van der Waals surface area contributed by atoms with Crippen LogP contribution in [0.4, 0.5) is 17.1 Å². The molecule has 14 heteroatoms. The van der Waals surface area contributed by atoms with Crippen LogP contribution in [0.2, 0.25) is 0 Å². The summed E-state index contributed by atoms with van der Waals surface area (Å²) in [6.07, 6.45) is 0. The number of imide groups is 2. The van der Waals surface area contributed by atoms with Crippen molar-refractivity contribution in [1.29, 1.82) is 0 Å². The summed E-state index contributed by atoms with van der Waals surface area (Å²) >= 11 is 0. The minimum atomic E-state index is -1.21. The first kappa shape index (κ1) is 42.7. The molecule has 3 aliphatic heterocycles. The second-order valence-corrected chi connectivity index (χ2v) is 16.5. The summed E-state index contributed by atoms with van der Waals surface area (Å²) < 4.78 is 12.5. The van der Waals surface area contributed by atoms with E-state index >= 15 is 0 Å². The van der Waals surface area contributed by atoms with Crippen molar-refractivity contribution in [3.05, 3.63) is 244 Å². The Morgan fingerprint density at radius 3 is 1.19 bits per heavy atom. The molecule has 0 aliphatic carbocycles. The van der Waals surface area contributed by atoms with Crippen LogP contribution in [0.15, 0.2) is 188 Å². The van der Waals surface area contributed by atoms with Crippen LogP contribution in [0.1, 0.15) is 89.2 Å². The van der Waals surface area contributed by atoms with Gasteiger partial charge in [0.05, 0.1) is 44.8 Å². The van der Waals surface area contributed by atoms with E-state index in [1.165, 1.54) is 36.4 Å². The largest absolute Gasteiger partial charge is 0.478 e. The summed E-state index contributed by atoms with van der Waals surface area (Å²) in [5, 5.41) is 18.8. The highest BCUT2D eigenvalue weighted by Crippen LogP contribution is 2.51. The molecule has 0 aromatic heterocycles. The normalized spacial score (nSPS) is 14.4. The Hall–Kier alpha value is -9.95. The Kier molecular flexibility index (Phi) is 10.0. The molecule has 3 heterocycles. The van der Waals surface area contributed by atoms with Crippen molar-refractivity contribution in [2.24, 2.45) is 0 Å². The summed E-state index contributed by atoms with van der Waals surface area (Å²) in [5.74, 6) is -3.27. The number of ether oxygens (including phenoxy) is 2. The number of hydrogen-bond donors (Lipinski definition) is 2. The predicted molar refractivity (Wildman–Crippen MR) is 255 cm³/mol. The standard InChI is InChI=1S/C56H33N3O11/c60-49-43-28-10-32(54(65)66)30-46(43)51(62)57(49)36-16-24-41(25-17-36)69-39-20-12-34(13-21-39)56(48-9-5-4-8-45(48)53(64)59(56)38-6-2-1-3-7-38)35-14-22-40(23-15-35)70-42-26-18-37(19-27-42)58-50(61)44-29-11-33(55(67)68)31-47(44)52(58)63/h1-31H,(H,65,66)(H,67,68). The van der Waals surface area contributed by atoms with Gasteiger partial charge in [-0.3, -0.25) is 28.9 Å². The maximum Gasteiger partial charge on any atom is 0.335 e. The second-order valence-electron chi connectivity index (χ2n) is 16.5. The number of benzene rings is 8. The first-order valence-electron chi connectivity index (χ1n) is 21.7. The van der Waals surface area contributed by atoms with Gasteiger partial charge in [0.2, 0.25) is 0 Å². The second kappa shape index (κ2) is 16.4. The van der Waals surface area contributed by atoms with Gasteiger partial charge in [0.15, 0.2) is 0 Å². The van der Waals surface area contributed by atoms with Crippen molar-refractivity contribution in [2.45, 2.75) is 5.54 Å². The van der Waals surface area contributed by atoms with E-state index in [1.54, 1.807) is 77.7 Å². The number of anilines is 3. The third-order valence-electron chi connectivity index (χ3n) is 12.6. The zero-order valence-corrected chi connectivity index (χ0v) is 36.3. The minimum Gasteiger partial charge on any atom is -0.478 e. The highest BCUT2D eigenvalue weighted by atomic mass is 16.5. The molecule has 0 saturated carbocycles. The molecule has 338 valence electrons. The number of para-hydroxylation sites is 1. The first-order chi connectivity index (χ1) is 33.9. The maximum absolute atomic E-state index is 14.7. The lowest BCUT2D eigenvalue weighted by molar-refractivity contribution is 0.0686. The molecule has 0 fully saturated rings. The molecule has 5 amide bonds. The van der Waals surface area contributed by atoms with Crippen molar-refractivity contribution in [3.63, 3.8) is 0 Å². The van der Waals surface area contributed by atoms with Gasteiger partial charge in [0.1, 0.15) is 28.5 Å². The van der Waals surface area contributed by atoms with E-state index in [0.29, 0.717) is 34.2 Å². The third kappa shape index (κ3) is 6.77. The monoisotopic (exact) mass is 923 g/mol. The molecule has 8 aromatic carbocycles. The molecule has 0 atom stereocenters. The van der Waals surface area contributed by atoms with Gasteiger partial charge < -0.3 is 19.7 Å². The van der Waals surface area contributed by atoms with E-state index in [0.717, 1.165) is 26.5 Å². The molecule has 0 saturated heterocycles. The van der Waals surface area contributed by atoms with Gasteiger partial charge in [-0.15, -0.1) is 0 Å². The Balaban J connectivity index is 0.880. The van der Waals surface area contributed by atoms with Crippen LogP contribution in [-0.2, 0) is 5.54 Å². The zero-order chi connectivity index (χ0) is 48.4. The van der Waals surface area contributed by atoms with Crippen LogP contribution in [0.25, 0.3) is 0 Å². The third-order valence-corrected chi connectivity index (χ3v) is 12.6. The number of aromatic carboxylic acids is 2. The van der Waals surface area contributed by atoms with Crippen LogP contribution < -0.4 is 24.2 Å². The predicted octanol–water partition coefficient (Wildman–Crippen LogP) is 10.2. The average Bonchev–Trinajstić information content (AvgIpc) is 3.91. The summed E-state index contributed by atoms with van der Waals surface area (Å²) in [6.45, 7) is 0. The van der Waals surface area contributed by atoms with Gasteiger partial charge >= 0.3 is 11.9 Å². The average molecular weight is 924 g/mol. The van der Waals surface area contributed by atoms with Crippen LogP contribution in [-0.4, -0.2) is 51.7 Å². The van der Waals surface area contributed by atoms with E-state index in [1.807, 2.05) is 78.9 Å². The lowest BCUT2D eigenvalue weighted by atomic mass is 9.76. The van der Waals surface area contributed by atoms with Gasteiger partial charge in [-0.25, -0.2) is 19.4 Å². The molecule has 0 bridgehead atoms. The lowest BCUT2D eigenvalue weighted by Gasteiger charge is -2.40. The van der Waals surface area contributed by atoms with Gasteiger partial charge in [0, 0.05) is 11.3 Å². The lowest BCUT2D eigenvalue weighted by Crippen LogP contribution is -2.46. The van der Waals surface area contributed by atoms with Crippen LogP contribution >= 0.6 is 0 Å². The fourth-order valence-corrected chi connectivity index (χ4v) is 9.35. The fourth-order valence-electron chi connectivity index (χ4n) is 9.35. The number of amides is 5. The molecule has 0 radical (unpaired) electrons. The molecule has 2 N–H and O–H groups in total. The molecule has 8 aromatic rings. The molecule has 14 nitrogen and oxygen atoms in total. The van der Waals surface area contributed by atoms with E-state index in [4.69, 9.17) is 9.47 Å². The maximum atomic E-state index is 14.7. The number of carbonyl (C=O) groups is 7. The molecular formula is C56H33N3O11. The quantitative estimate of drug-likeness (QED) is 0.118. The highest BCUT2D eigenvalue weighted by Gasteiger charge is 2.53. The SMILES string of the molecule is O=C(O)c1ccc2c(c1)C(=O)N(c1ccc(Oc3ccc(C4(c5ccc(Oc6ccc(N7C(=O)c8ccc(C(=O)O)cc8C7=O)cc6)cc5)c5ccccc5C(=O)N4c4ccccc4)cc3)cc1)C2=O. The van der Waals surface area contributed by atoms with Gasteiger partial charge in [-0.05, 0) is 144 Å². The molecule has 3 aliphatic rings. The van der Waals surface area contributed by atoms with Crippen molar-refractivity contribution in [1.82, 2.24) is 0 Å². The molecular weight excluding hydrogens is 891 g/mol. The van der Waals surface area contributed by atoms with Gasteiger partial charge in [-0.1, -0.05) is 60.7 Å². The minimum absolute atomic E-state index is 0.0135. The molecule has 70 heavy (non-hydrogen) atoms. The van der Waals surface area contributed by atoms with Crippen molar-refractivity contribution >= 4 is 58.5 Å². The number of rotatable bonds is 11. The number of carbonyl (C=O) groups excluding carboxylic acids is 5. The molecule has 11 rings (SSSR count). The van der Waals surface area contributed by atoms with Crippen molar-refractivity contribution in [2.75, 3.05) is 14.7 Å². The summed E-state index contributed by atoms with van der Waals surface area (Å²) in [4.78, 5) is 94.4. The topological polar surface area (TPSA) is 188 Å². The first-order valence-corrected chi connectivity index (χ1v) is 21.7. The smallest absolute Gasteiger partial charge is 0.335 e. The van der Waals surface area contributed by atoms with E-state index < -0.39 is 41.1 Å². The van der Waals surface area contributed by atoms with Crippen molar-refractivity contribution in [3.8, 4) is 23.0 Å². The number of carboxylic acid groups (broad SMARTS) is 2. The summed E-state index contributed by atoms with van der Waals surface area (Å²) in [7, 11) is 0. The van der Waals surface area contributed by atoms with Crippen LogP contribution in [0.5, 0.6) is 23.0 Å². The summed E-state index contributed by atoms with van der Waals surface area (Å²) in [6, 6.07) is 52.0. The van der Waals surface area contributed by atoms with Crippen molar-refractivity contribution < 1.29 is 53.2 Å². The zero-order valence-electron chi connectivity index (χ0n) is 36.3. The Morgan fingerprint density at radius 2 is 0.757 bits per heavy atom. The Labute approximate surface area is 397 Å². The Morgan fingerprint density at radius 1 is 0.371 bits per heavy atom. The van der Waals surface area contributed by atoms with Crippen LogP contribution in [0, 0.1) is 0 Å². The van der Waals surface area contributed by atoms with E-state index in [2.05, 4.69) is 0 Å². The molecule has 0 spiro atoms. The van der Waals surface area contributed by atoms with Gasteiger partial charge in [0.25, 0.3) is 29.5 Å². The summed E-state index contributed by atoms with van der Waals surface area (Å²) in [5.41, 5.74) is 2.85. The molecule has 0 unspecified atom stereocenters. The fraction of sp³-hybridized carbons (Fsp3) is 0.0179. The highest BCUT2D eigenvalue weighted by molar-refractivity contribution is 6.35. The number of hydrogen-bond acceptors (Lipinski definition) is 9.